The van der Waals surface area contributed by atoms with Gasteiger partial charge in [0.25, 0.3) is 5.91 Å². The highest BCUT2D eigenvalue weighted by molar-refractivity contribution is 5.97. The molecule has 0 atom stereocenters. The van der Waals surface area contributed by atoms with Crippen molar-refractivity contribution in [2.45, 2.75) is 25.8 Å². The third-order valence-electron chi connectivity index (χ3n) is 5.97. The molecule has 2 aromatic rings. The van der Waals surface area contributed by atoms with Gasteiger partial charge in [-0.05, 0) is 54.8 Å². The van der Waals surface area contributed by atoms with E-state index in [9.17, 15) is 9.59 Å². The summed E-state index contributed by atoms with van der Waals surface area (Å²) in [6.07, 6.45) is 2.62. The second-order valence-electron chi connectivity index (χ2n) is 7.97. The van der Waals surface area contributed by atoms with Crippen molar-refractivity contribution in [2.75, 3.05) is 44.7 Å². The number of hydrogen-bond acceptors (Lipinski definition) is 4. The number of amides is 2. The minimum absolute atomic E-state index is 0.0654. The number of piperazine rings is 1. The predicted octanol–water partition coefficient (Wildman–Crippen LogP) is 3.17. The number of rotatable bonds is 5. The zero-order valence-corrected chi connectivity index (χ0v) is 17.5. The fourth-order valence-electron chi connectivity index (χ4n) is 4.14. The van der Waals surface area contributed by atoms with Gasteiger partial charge in [-0.25, -0.2) is 0 Å². The van der Waals surface area contributed by atoms with Crippen LogP contribution in [0.15, 0.2) is 48.5 Å². The Morgan fingerprint density at radius 2 is 1.60 bits per heavy atom. The predicted molar refractivity (Wildman–Crippen MR) is 117 cm³/mol. The van der Waals surface area contributed by atoms with Crippen LogP contribution in [0.2, 0.25) is 0 Å². The third kappa shape index (κ3) is 4.65. The monoisotopic (exact) mass is 407 g/mol. The molecule has 0 spiro atoms. The molecule has 0 N–H and O–H groups in total. The van der Waals surface area contributed by atoms with E-state index >= 15 is 0 Å². The van der Waals surface area contributed by atoms with Crippen LogP contribution in [-0.2, 0) is 11.3 Å². The van der Waals surface area contributed by atoms with Crippen LogP contribution in [0.5, 0.6) is 5.75 Å². The fourth-order valence-corrected chi connectivity index (χ4v) is 4.14. The molecule has 2 aromatic carbocycles. The third-order valence-corrected chi connectivity index (χ3v) is 5.97. The Morgan fingerprint density at radius 3 is 2.23 bits per heavy atom. The highest BCUT2D eigenvalue weighted by Crippen LogP contribution is 2.22. The van der Waals surface area contributed by atoms with Crippen LogP contribution in [0.1, 0.15) is 35.2 Å². The highest BCUT2D eigenvalue weighted by Gasteiger charge is 2.23. The molecule has 6 heteroatoms. The lowest BCUT2D eigenvalue weighted by Gasteiger charge is -2.35. The maximum atomic E-state index is 12.9. The van der Waals surface area contributed by atoms with E-state index in [-0.39, 0.29) is 11.8 Å². The number of nitrogens with zero attached hydrogens (tertiary/aromatic N) is 3. The SMILES string of the molecule is COc1ccc(CN2CCN(C(=O)c3ccc(N4CCCCC4=O)cc3)CC2)cc1. The summed E-state index contributed by atoms with van der Waals surface area (Å²) in [5, 5.41) is 0. The molecule has 4 rings (SSSR count). The van der Waals surface area contributed by atoms with Crippen LogP contribution < -0.4 is 9.64 Å². The largest absolute Gasteiger partial charge is 0.497 e. The maximum Gasteiger partial charge on any atom is 0.253 e. The topological polar surface area (TPSA) is 53.1 Å². The van der Waals surface area contributed by atoms with E-state index < -0.39 is 0 Å². The average Bonchev–Trinajstić information content (AvgIpc) is 2.80. The van der Waals surface area contributed by atoms with Crippen molar-refractivity contribution in [3.63, 3.8) is 0 Å². The average molecular weight is 408 g/mol. The van der Waals surface area contributed by atoms with Crippen molar-refractivity contribution in [3.05, 3.63) is 59.7 Å². The Morgan fingerprint density at radius 1 is 0.900 bits per heavy atom. The number of anilines is 1. The van der Waals surface area contributed by atoms with Crippen LogP contribution in [-0.4, -0.2) is 61.4 Å². The number of benzene rings is 2. The molecule has 0 bridgehead atoms. The number of ether oxygens (including phenoxy) is 1. The Labute approximate surface area is 178 Å². The summed E-state index contributed by atoms with van der Waals surface area (Å²) in [5.74, 6) is 1.11. The molecule has 2 heterocycles. The molecular weight excluding hydrogens is 378 g/mol. The summed E-state index contributed by atoms with van der Waals surface area (Å²) in [4.78, 5) is 31.1. The summed E-state index contributed by atoms with van der Waals surface area (Å²) in [6, 6.07) is 15.6. The molecule has 0 aliphatic carbocycles. The van der Waals surface area contributed by atoms with Crippen molar-refractivity contribution in [1.82, 2.24) is 9.80 Å². The minimum Gasteiger partial charge on any atom is -0.497 e. The second-order valence-corrected chi connectivity index (χ2v) is 7.97. The van der Waals surface area contributed by atoms with Crippen molar-refractivity contribution < 1.29 is 14.3 Å². The van der Waals surface area contributed by atoms with Gasteiger partial charge < -0.3 is 14.5 Å². The number of piperidine rings is 1. The van der Waals surface area contributed by atoms with E-state index in [0.29, 0.717) is 12.0 Å². The van der Waals surface area contributed by atoms with E-state index in [4.69, 9.17) is 4.74 Å². The molecule has 30 heavy (non-hydrogen) atoms. The summed E-state index contributed by atoms with van der Waals surface area (Å²) >= 11 is 0. The lowest BCUT2D eigenvalue weighted by atomic mass is 10.1. The Hall–Kier alpha value is -2.86. The first-order valence-electron chi connectivity index (χ1n) is 10.7. The van der Waals surface area contributed by atoms with Crippen LogP contribution in [0.4, 0.5) is 5.69 Å². The Balaban J connectivity index is 1.31. The van der Waals surface area contributed by atoms with Crippen LogP contribution >= 0.6 is 0 Å². The van der Waals surface area contributed by atoms with Gasteiger partial charge in [-0.2, -0.15) is 0 Å². The first-order chi connectivity index (χ1) is 14.6. The van der Waals surface area contributed by atoms with Gasteiger partial charge in [-0.1, -0.05) is 12.1 Å². The Kier molecular flexibility index (Phi) is 6.33. The molecule has 2 fully saturated rings. The standard InChI is InChI=1S/C24H29N3O3/c1-30-22-11-5-19(6-12-22)18-25-14-16-26(17-15-25)24(29)20-7-9-21(10-8-20)27-13-3-2-4-23(27)28/h5-12H,2-4,13-18H2,1H3. The summed E-state index contributed by atoms with van der Waals surface area (Å²) in [5.41, 5.74) is 2.82. The van der Waals surface area contributed by atoms with E-state index in [1.54, 1.807) is 7.11 Å². The van der Waals surface area contributed by atoms with E-state index in [0.717, 1.165) is 63.5 Å². The van der Waals surface area contributed by atoms with Crippen LogP contribution in [0.3, 0.4) is 0 Å². The molecule has 0 saturated carbocycles. The van der Waals surface area contributed by atoms with Gasteiger partial charge in [0.1, 0.15) is 5.75 Å². The van der Waals surface area contributed by atoms with Crippen molar-refractivity contribution >= 4 is 17.5 Å². The van der Waals surface area contributed by atoms with Gasteiger partial charge in [0.2, 0.25) is 5.91 Å². The fraction of sp³-hybridized carbons (Fsp3) is 0.417. The summed E-state index contributed by atoms with van der Waals surface area (Å²) in [6.45, 7) is 4.81. The van der Waals surface area contributed by atoms with E-state index in [2.05, 4.69) is 17.0 Å². The molecule has 0 aromatic heterocycles. The number of hydrogen-bond donors (Lipinski definition) is 0. The van der Waals surface area contributed by atoms with Gasteiger partial charge >= 0.3 is 0 Å². The molecule has 2 aliphatic rings. The van der Waals surface area contributed by atoms with Gasteiger partial charge in [0.15, 0.2) is 0 Å². The Bertz CT molecular complexity index is 872. The molecule has 0 radical (unpaired) electrons. The zero-order chi connectivity index (χ0) is 20.9. The normalized spacial score (nSPS) is 17.8. The maximum absolute atomic E-state index is 12.9. The highest BCUT2D eigenvalue weighted by atomic mass is 16.5. The number of carbonyl (C=O) groups excluding carboxylic acids is 2. The smallest absolute Gasteiger partial charge is 0.253 e. The van der Waals surface area contributed by atoms with Gasteiger partial charge in [-0.15, -0.1) is 0 Å². The van der Waals surface area contributed by atoms with E-state index in [1.165, 1.54) is 5.56 Å². The van der Waals surface area contributed by atoms with Gasteiger partial charge in [0.05, 0.1) is 7.11 Å². The molecule has 2 aliphatic heterocycles. The van der Waals surface area contributed by atoms with Gasteiger partial charge in [-0.3, -0.25) is 14.5 Å². The summed E-state index contributed by atoms with van der Waals surface area (Å²) in [7, 11) is 1.67. The lowest BCUT2D eigenvalue weighted by Crippen LogP contribution is -2.48. The minimum atomic E-state index is 0.0654. The van der Waals surface area contributed by atoms with Crippen molar-refractivity contribution in [2.24, 2.45) is 0 Å². The van der Waals surface area contributed by atoms with Crippen LogP contribution in [0.25, 0.3) is 0 Å². The van der Waals surface area contributed by atoms with Gasteiger partial charge in [0, 0.05) is 56.9 Å². The summed E-state index contributed by atoms with van der Waals surface area (Å²) < 4.78 is 5.21. The molecule has 2 amide bonds. The molecular formula is C24H29N3O3. The number of carbonyl (C=O) groups is 2. The molecule has 2 saturated heterocycles. The molecule has 158 valence electrons. The van der Waals surface area contributed by atoms with Crippen molar-refractivity contribution in [1.29, 1.82) is 0 Å². The second kappa shape index (κ2) is 9.30. The lowest BCUT2D eigenvalue weighted by molar-refractivity contribution is -0.119. The van der Waals surface area contributed by atoms with Crippen molar-refractivity contribution in [3.8, 4) is 5.75 Å². The van der Waals surface area contributed by atoms with E-state index in [1.807, 2.05) is 46.2 Å². The first-order valence-corrected chi connectivity index (χ1v) is 10.7. The first kappa shape index (κ1) is 20.4. The number of methoxy groups -OCH3 is 1. The zero-order valence-electron chi connectivity index (χ0n) is 17.5. The molecule has 0 unspecified atom stereocenters. The van der Waals surface area contributed by atoms with Crippen LogP contribution in [0, 0.1) is 0 Å². The quantitative estimate of drug-likeness (QED) is 0.764. The molecule has 6 nitrogen and oxygen atoms in total.